The van der Waals surface area contributed by atoms with E-state index >= 15 is 0 Å². The molecule has 0 aliphatic carbocycles. The highest BCUT2D eigenvalue weighted by Gasteiger charge is 2.20. The van der Waals surface area contributed by atoms with Crippen molar-refractivity contribution in [3.63, 3.8) is 0 Å². The number of benzene rings is 3. The second-order valence-corrected chi connectivity index (χ2v) is 8.21. The number of carbonyl (C=O) groups excluding carboxylic acids is 1. The molecule has 0 spiro atoms. The second-order valence-electron chi connectivity index (χ2n) is 6.93. The summed E-state index contributed by atoms with van der Waals surface area (Å²) in [7, 11) is 0. The van der Waals surface area contributed by atoms with Crippen LogP contribution in [0.25, 0.3) is 5.69 Å². The fraction of sp³-hybridized carbons (Fsp3) is 0.0435. The number of hydrogen-bond acceptors (Lipinski definition) is 2. The van der Waals surface area contributed by atoms with Crippen molar-refractivity contribution in [2.45, 2.75) is 6.54 Å². The van der Waals surface area contributed by atoms with Crippen molar-refractivity contribution < 1.29 is 9.18 Å². The van der Waals surface area contributed by atoms with Gasteiger partial charge in [-0.2, -0.15) is 0 Å². The quantitative estimate of drug-likeness (QED) is 0.371. The van der Waals surface area contributed by atoms with E-state index in [4.69, 9.17) is 34.8 Å². The van der Waals surface area contributed by atoms with E-state index in [2.05, 4.69) is 5.32 Å². The topological polar surface area (TPSA) is 56.0 Å². The molecule has 1 heterocycles. The number of nitrogens with zero attached hydrogens (tertiary/aromatic N) is 2. The summed E-state index contributed by atoms with van der Waals surface area (Å²) in [6.07, 6.45) is 1.45. The lowest BCUT2D eigenvalue weighted by atomic mass is 10.2. The summed E-state index contributed by atoms with van der Waals surface area (Å²) in [5.74, 6) is -1.05. The number of hydrogen-bond donors (Lipinski definition) is 1. The molecule has 32 heavy (non-hydrogen) atoms. The van der Waals surface area contributed by atoms with Crippen molar-refractivity contribution in [1.82, 2.24) is 9.36 Å². The van der Waals surface area contributed by atoms with Crippen molar-refractivity contribution in [2.24, 2.45) is 0 Å². The summed E-state index contributed by atoms with van der Waals surface area (Å²) in [6, 6.07) is 16.9. The Balaban J connectivity index is 1.77. The van der Waals surface area contributed by atoms with Crippen LogP contribution in [0.5, 0.6) is 0 Å². The maximum Gasteiger partial charge on any atom is 0.284 e. The average Bonchev–Trinajstić information content (AvgIpc) is 3.08. The van der Waals surface area contributed by atoms with Gasteiger partial charge in [-0.1, -0.05) is 40.9 Å². The summed E-state index contributed by atoms with van der Waals surface area (Å²) in [5.41, 5.74) is 0.971. The van der Waals surface area contributed by atoms with Crippen LogP contribution >= 0.6 is 34.8 Å². The number of nitrogens with one attached hydrogen (secondary N) is 1. The average molecular weight is 491 g/mol. The molecule has 1 N–H and O–H groups in total. The molecule has 4 rings (SSSR count). The predicted molar refractivity (Wildman–Crippen MR) is 125 cm³/mol. The van der Waals surface area contributed by atoms with Crippen molar-refractivity contribution in [3.8, 4) is 5.69 Å². The Morgan fingerprint density at radius 3 is 2.22 bits per heavy atom. The minimum Gasteiger partial charge on any atom is -0.322 e. The molecule has 0 aliphatic heterocycles. The molecule has 0 bridgehead atoms. The lowest BCUT2D eigenvalue weighted by molar-refractivity contribution is 0.102. The third-order valence-corrected chi connectivity index (χ3v) is 5.56. The minimum absolute atomic E-state index is 0.0886. The van der Waals surface area contributed by atoms with E-state index in [0.717, 1.165) is 0 Å². The molecule has 1 amide bonds. The summed E-state index contributed by atoms with van der Waals surface area (Å²) in [5, 5.41) is 4.04. The van der Waals surface area contributed by atoms with Gasteiger partial charge < -0.3 is 5.32 Å². The van der Waals surface area contributed by atoms with Gasteiger partial charge in [0.1, 0.15) is 11.4 Å². The maximum atomic E-state index is 13.2. The predicted octanol–water partition coefficient (Wildman–Crippen LogP) is 6.04. The van der Waals surface area contributed by atoms with E-state index in [-0.39, 0.29) is 12.1 Å². The first-order valence-electron chi connectivity index (χ1n) is 9.41. The highest BCUT2D eigenvalue weighted by atomic mass is 35.5. The summed E-state index contributed by atoms with van der Waals surface area (Å²) in [6.45, 7) is 0.206. The molecule has 5 nitrogen and oxygen atoms in total. The van der Waals surface area contributed by atoms with Gasteiger partial charge in [-0.05, 0) is 66.2 Å². The Labute approximate surface area is 197 Å². The van der Waals surface area contributed by atoms with Gasteiger partial charge in [0.2, 0.25) is 0 Å². The van der Waals surface area contributed by atoms with Crippen molar-refractivity contribution in [2.75, 3.05) is 5.32 Å². The van der Waals surface area contributed by atoms with Gasteiger partial charge in [0.05, 0.1) is 12.2 Å². The van der Waals surface area contributed by atoms with Gasteiger partial charge in [0.25, 0.3) is 11.5 Å². The Morgan fingerprint density at radius 2 is 1.56 bits per heavy atom. The molecule has 0 fully saturated rings. The van der Waals surface area contributed by atoms with Gasteiger partial charge in [0, 0.05) is 27.0 Å². The molecular weight excluding hydrogens is 476 g/mol. The Morgan fingerprint density at radius 1 is 0.906 bits per heavy atom. The fourth-order valence-corrected chi connectivity index (χ4v) is 3.76. The smallest absolute Gasteiger partial charge is 0.284 e. The molecule has 9 heteroatoms. The van der Waals surface area contributed by atoms with E-state index in [0.29, 0.717) is 32.0 Å². The standard InChI is InChI=1S/C23H15Cl3FN3O2/c24-15-3-9-19(10-4-15)30-23(32)20(22(31)28-18-7-5-17(27)6-8-18)13-29(30)12-14-1-2-16(25)11-21(14)26/h1-11,13H,12H2,(H,28,31). The highest BCUT2D eigenvalue weighted by molar-refractivity contribution is 6.35. The Bertz CT molecular complexity index is 1350. The molecule has 0 radical (unpaired) electrons. The zero-order valence-electron chi connectivity index (χ0n) is 16.4. The van der Waals surface area contributed by atoms with Crippen LogP contribution in [0.4, 0.5) is 10.1 Å². The van der Waals surface area contributed by atoms with Crippen molar-refractivity contribution >= 4 is 46.4 Å². The monoisotopic (exact) mass is 489 g/mol. The molecule has 0 unspecified atom stereocenters. The summed E-state index contributed by atoms with van der Waals surface area (Å²) in [4.78, 5) is 26.1. The van der Waals surface area contributed by atoms with Gasteiger partial charge in [-0.3, -0.25) is 14.3 Å². The van der Waals surface area contributed by atoms with Crippen LogP contribution in [0.1, 0.15) is 15.9 Å². The first kappa shape index (κ1) is 22.1. The lowest BCUT2D eigenvalue weighted by Crippen LogP contribution is -2.26. The fourth-order valence-electron chi connectivity index (χ4n) is 3.17. The molecule has 4 aromatic rings. The normalized spacial score (nSPS) is 10.9. The SMILES string of the molecule is O=C(Nc1ccc(F)cc1)c1cn(Cc2ccc(Cl)cc2Cl)n(-c2ccc(Cl)cc2)c1=O. The van der Waals surface area contributed by atoms with Gasteiger partial charge in [0.15, 0.2) is 0 Å². The van der Waals surface area contributed by atoms with Gasteiger partial charge in [-0.15, -0.1) is 0 Å². The molecule has 0 saturated heterocycles. The number of aromatic nitrogens is 2. The molecule has 162 valence electrons. The van der Waals surface area contributed by atoms with E-state index < -0.39 is 17.3 Å². The minimum atomic E-state index is -0.620. The van der Waals surface area contributed by atoms with Crippen molar-refractivity contribution in [3.05, 3.63) is 115 Å². The largest absolute Gasteiger partial charge is 0.322 e. The van der Waals surface area contributed by atoms with Crippen LogP contribution in [0.3, 0.4) is 0 Å². The second kappa shape index (κ2) is 9.20. The van der Waals surface area contributed by atoms with Crippen molar-refractivity contribution in [1.29, 1.82) is 0 Å². The van der Waals surface area contributed by atoms with Gasteiger partial charge in [-0.25, -0.2) is 9.07 Å². The van der Waals surface area contributed by atoms with Crippen LogP contribution in [-0.4, -0.2) is 15.3 Å². The molecular formula is C23H15Cl3FN3O2. The first-order valence-corrected chi connectivity index (χ1v) is 10.5. The first-order chi connectivity index (χ1) is 15.3. The molecule has 1 aromatic heterocycles. The van der Waals surface area contributed by atoms with E-state index in [1.807, 2.05) is 0 Å². The zero-order valence-corrected chi connectivity index (χ0v) is 18.6. The van der Waals surface area contributed by atoms with Gasteiger partial charge >= 0.3 is 0 Å². The van der Waals surface area contributed by atoms with E-state index in [1.165, 1.54) is 35.1 Å². The maximum absolute atomic E-state index is 13.2. The van der Waals surface area contributed by atoms with E-state index in [1.54, 1.807) is 47.1 Å². The molecule has 0 saturated carbocycles. The lowest BCUT2D eigenvalue weighted by Gasteiger charge is -2.13. The van der Waals surface area contributed by atoms with E-state index in [9.17, 15) is 14.0 Å². The van der Waals surface area contributed by atoms with Crippen LogP contribution in [-0.2, 0) is 6.54 Å². The Kier molecular flexibility index (Phi) is 6.37. The number of rotatable bonds is 5. The van der Waals surface area contributed by atoms with Crippen LogP contribution in [0.2, 0.25) is 15.1 Å². The zero-order chi connectivity index (χ0) is 22.8. The number of amides is 1. The molecule has 0 aliphatic rings. The van der Waals surface area contributed by atoms with Crippen LogP contribution in [0.15, 0.2) is 77.7 Å². The summed E-state index contributed by atoms with van der Waals surface area (Å²) < 4.78 is 16.1. The molecule has 0 atom stereocenters. The third-order valence-electron chi connectivity index (χ3n) is 4.72. The number of carbonyl (C=O) groups is 1. The van der Waals surface area contributed by atoms with Crippen LogP contribution < -0.4 is 10.9 Å². The van der Waals surface area contributed by atoms with Crippen LogP contribution in [0, 0.1) is 5.82 Å². The number of halogens is 4. The summed E-state index contributed by atoms with van der Waals surface area (Å²) >= 11 is 18.3. The highest BCUT2D eigenvalue weighted by Crippen LogP contribution is 2.23. The molecule has 3 aromatic carbocycles. The third kappa shape index (κ3) is 4.72. The Hall–Kier alpha value is -3.06. The number of anilines is 1.